The Kier molecular flexibility index (Phi) is 5.09. The Bertz CT molecular complexity index is 1530. The zero-order valence-electron chi connectivity index (χ0n) is 20.5. The minimum Gasteiger partial charge on any atom is -0.273 e. The number of nitrogens with zero attached hydrogens (tertiary/aromatic N) is 8. The highest BCUT2D eigenvalue weighted by molar-refractivity contribution is 5.84. The maximum Gasteiger partial charge on any atom is 0.134 e. The molecule has 0 bridgehead atoms. The van der Waals surface area contributed by atoms with Crippen molar-refractivity contribution in [3.05, 3.63) is 77.4 Å². The van der Waals surface area contributed by atoms with Gasteiger partial charge < -0.3 is 0 Å². The average Bonchev–Trinajstić information content (AvgIpc) is 3.56. The molecular weight excluding hydrogens is 436 g/mol. The summed E-state index contributed by atoms with van der Waals surface area (Å²) in [5.41, 5.74) is 11.1. The van der Waals surface area contributed by atoms with E-state index >= 15 is 0 Å². The second-order valence-electron chi connectivity index (χ2n) is 9.14. The lowest BCUT2D eigenvalue weighted by Gasteiger charge is -2.16. The van der Waals surface area contributed by atoms with Crippen LogP contribution in [0.25, 0.3) is 33.6 Å². The first-order valence-electron chi connectivity index (χ1n) is 12.0. The van der Waals surface area contributed by atoms with Crippen LogP contribution in [0.4, 0.5) is 0 Å². The molecule has 5 aromatic rings. The molecule has 1 aliphatic carbocycles. The summed E-state index contributed by atoms with van der Waals surface area (Å²) < 4.78 is 5.83. The molecular formula is C27H28N8. The molecule has 4 aromatic heterocycles. The van der Waals surface area contributed by atoms with E-state index in [2.05, 4.69) is 53.3 Å². The number of aromatic nitrogens is 8. The predicted octanol–water partition coefficient (Wildman–Crippen LogP) is 4.16. The van der Waals surface area contributed by atoms with Gasteiger partial charge in [0.2, 0.25) is 0 Å². The number of benzene rings is 1. The predicted molar refractivity (Wildman–Crippen MR) is 135 cm³/mol. The lowest BCUT2D eigenvalue weighted by atomic mass is 9.91. The SMILES string of the molecule is CCn1ccc(Cc2ncc3c(n2)-c2c(nn(C)c2-c2ccc(-c4cnn(C)c4C)cc2)CC3)n1. The van der Waals surface area contributed by atoms with Gasteiger partial charge in [0.15, 0.2) is 0 Å². The molecule has 0 saturated carbocycles. The van der Waals surface area contributed by atoms with Crippen molar-refractivity contribution in [1.29, 1.82) is 0 Å². The molecule has 6 rings (SSSR count). The third-order valence-corrected chi connectivity index (χ3v) is 6.97. The van der Waals surface area contributed by atoms with E-state index in [4.69, 9.17) is 10.1 Å². The van der Waals surface area contributed by atoms with Gasteiger partial charge >= 0.3 is 0 Å². The molecule has 0 amide bonds. The molecule has 4 heterocycles. The lowest BCUT2D eigenvalue weighted by Crippen LogP contribution is -2.09. The highest BCUT2D eigenvalue weighted by Gasteiger charge is 2.27. The summed E-state index contributed by atoms with van der Waals surface area (Å²) in [7, 11) is 3.99. The van der Waals surface area contributed by atoms with Crippen molar-refractivity contribution in [3.63, 3.8) is 0 Å². The second kappa shape index (κ2) is 8.30. The van der Waals surface area contributed by atoms with Gasteiger partial charge in [0.05, 0.1) is 35.4 Å². The summed E-state index contributed by atoms with van der Waals surface area (Å²) in [4.78, 5) is 9.70. The molecule has 0 atom stereocenters. The summed E-state index contributed by atoms with van der Waals surface area (Å²) in [5.74, 6) is 0.787. The van der Waals surface area contributed by atoms with E-state index in [1.807, 2.05) is 52.8 Å². The normalized spacial score (nSPS) is 12.6. The van der Waals surface area contributed by atoms with Crippen LogP contribution in [0.3, 0.4) is 0 Å². The molecule has 0 radical (unpaired) electrons. The van der Waals surface area contributed by atoms with Crippen LogP contribution in [-0.2, 0) is 39.9 Å². The van der Waals surface area contributed by atoms with Gasteiger partial charge in [-0.05, 0) is 43.9 Å². The first kappa shape index (κ1) is 21.5. The summed E-state index contributed by atoms with van der Waals surface area (Å²) in [5, 5.41) is 13.9. The minimum absolute atomic E-state index is 0.615. The van der Waals surface area contributed by atoms with Gasteiger partial charge in [-0.2, -0.15) is 15.3 Å². The molecule has 35 heavy (non-hydrogen) atoms. The maximum atomic E-state index is 5.04. The molecule has 1 aromatic carbocycles. The lowest BCUT2D eigenvalue weighted by molar-refractivity contribution is 0.648. The Hall–Kier alpha value is -4.07. The fraction of sp³-hybridized carbons (Fsp3) is 0.296. The fourth-order valence-corrected chi connectivity index (χ4v) is 4.94. The first-order chi connectivity index (χ1) is 17.0. The summed E-state index contributed by atoms with van der Waals surface area (Å²) in [6, 6.07) is 10.7. The van der Waals surface area contributed by atoms with Gasteiger partial charge in [0, 0.05) is 55.4 Å². The number of hydrogen-bond donors (Lipinski definition) is 0. The zero-order chi connectivity index (χ0) is 24.1. The third kappa shape index (κ3) is 3.65. The van der Waals surface area contributed by atoms with Crippen LogP contribution in [0.1, 0.15) is 35.4 Å². The van der Waals surface area contributed by atoms with Gasteiger partial charge in [-0.3, -0.25) is 14.0 Å². The Morgan fingerprint density at radius 1 is 0.914 bits per heavy atom. The topological polar surface area (TPSA) is 79.2 Å². The number of rotatable bonds is 5. The number of fused-ring (bicyclic) bond motifs is 3. The van der Waals surface area contributed by atoms with Gasteiger partial charge in [-0.1, -0.05) is 24.3 Å². The van der Waals surface area contributed by atoms with Crippen molar-refractivity contribution >= 4 is 0 Å². The Balaban J connectivity index is 1.39. The second-order valence-corrected chi connectivity index (χ2v) is 9.14. The van der Waals surface area contributed by atoms with Crippen molar-refractivity contribution < 1.29 is 0 Å². The molecule has 0 unspecified atom stereocenters. The third-order valence-electron chi connectivity index (χ3n) is 6.97. The molecule has 8 heteroatoms. The zero-order valence-corrected chi connectivity index (χ0v) is 20.5. The van der Waals surface area contributed by atoms with Crippen LogP contribution < -0.4 is 0 Å². The van der Waals surface area contributed by atoms with E-state index in [-0.39, 0.29) is 0 Å². The van der Waals surface area contributed by atoms with E-state index in [0.29, 0.717) is 6.42 Å². The standard InChI is InChI=1S/C27H28N8/c1-5-35-13-12-21(31-35)14-24-28-15-20-10-11-23-25(26(20)30-24)27(34(4)32-23)19-8-6-18(7-9-19)22-16-29-33(3)17(22)2/h6-9,12-13,15-16H,5,10-11,14H2,1-4H3. The number of hydrogen-bond acceptors (Lipinski definition) is 5. The molecule has 0 saturated heterocycles. The first-order valence-corrected chi connectivity index (χ1v) is 12.0. The molecule has 0 aliphatic heterocycles. The fourth-order valence-electron chi connectivity index (χ4n) is 4.94. The van der Waals surface area contributed by atoms with Crippen LogP contribution in [0, 0.1) is 6.92 Å². The van der Waals surface area contributed by atoms with Crippen LogP contribution in [0.15, 0.2) is 48.9 Å². The van der Waals surface area contributed by atoms with Gasteiger partial charge in [-0.15, -0.1) is 0 Å². The van der Waals surface area contributed by atoms with Gasteiger partial charge in [0.25, 0.3) is 0 Å². The molecule has 0 fully saturated rings. The maximum absolute atomic E-state index is 5.04. The summed E-state index contributed by atoms with van der Waals surface area (Å²) >= 11 is 0. The Labute approximate surface area is 204 Å². The van der Waals surface area contributed by atoms with Crippen LogP contribution in [0.2, 0.25) is 0 Å². The van der Waals surface area contributed by atoms with Crippen LogP contribution >= 0.6 is 0 Å². The van der Waals surface area contributed by atoms with Crippen molar-refractivity contribution in [3.8, 4) is 33.6 Å². The van der Waals surface area contributed by atoms with E-state index in [0.717, 1.165) is 75.9 Å². The quantitative estimate of drug-likeness (QED) is 0.390. The van der Waals surface area contributed by atoms with Crippen molar-refractivity contribution in [2.75, 3.05) is 0 Å². The highest BCUT2D eigenvalue weighted by Crippen LogP contribution is 2.39. The van der Waals surface area contributed by atoms with E-state index in [1.54, 1.807) is 0 Å². The van der Waals surface area contributed by atoms with Gasteiger partial charge in [0.1, 0.15) is 5.82 Å². The van der Waals surface area contributed by atoms with E-state index in [1.165, 1.54) is 5.56 Å². The molecule has 176 valence electrons. The monoisotopic (exact) mass is 464 g/mol. The Morgan fingerprint density at radius 3 is 2.43 bits per heavy atom. The van der Waals surface area contributed by atoms with Crippen LogP contribution in [0.5, 0.6) is 0 Å². The molecule has 0 spiro atoms. The molecule has 8 nitrogen and oxygen atoms in total. The highest BCUT2D eigenvalue weighted by atomic mass is 15.3. The smallest absolute Gasteiger partial charge is 0.134 e. The van der Waals surface area contributed by atoms with Gasteiger partial charge in [-0.25, -0.2) is 9.97 Å². The van der Waals surface area contributed by atoms with Crippen molar-refractivity contribution in [2.24, 2.45) is 14.1 Å². The number of aryl methyl sites for hydroxylation is 5. The molecule has 0 N–H and O–H groups in total. The largest absolute Gasteiger partial charge is 0.273 e. The Morgan fingerprint density at radius 2 is 1.71 bits per heavy atom. The van der Waals surface area contributed by atoms with E-state index < -0.39 is 0 Å². The minimum atomic E-state index is 0.615. The summed E-state index contributed by atoms with van der Waals surface area (Å²) in [6.45, 7) is 5.03. The average molecular weight is 465 g/mol. The van der Waals surface area contributed by atoms with Crippen molar-refractivity contribution in [2.45, 2.75) is 39.7 Å². The van der Waals surface area contributed by atoms with E-state index in [9.17, 15) is 0 Å². The van der Waals surface area contributed by atoms with Crippen molar-refractivity contribution in [1.82, 2.24) is 39.3 Å². The molecule has 1 aliphatic rings. The summed E-state index contributed by atoms with van der Waals surface area (Å²) in [6.07, 6.45) is 8.33. The van der Waals surface area contributed by atoms with Crippen LogP contribution in [-0.4, -0.2) is 39.3 Å².